The molecule has 0 aliphatic carbocycles. The number of benzene rings is 2. The van der Waals surface area contributed by atoms with E-state index in [4.69, 9.17) is 0 Å². The summed E-state index contributed by atoms with van der Waals surface area (Å²) in [5, 5.41) is 5.31. The van der Waals surface area contributed by atoms with E-state index in [-0.39, 0.29) is 11.7 Å². The first-order valence-electron chi connectivity index (χ1n) is 11.7. The van der Waals surface area contributed by atoms with Gasteiger partial charge in [-0.25, -0.2) is 9.37 Å². The monoisotopic (exact) mass is 472 g/mol. The molecule has 0 radical (unpaired) electrons. The highest BCUT2D eigenvalue weighted by Crippen LogP contribution is 2.25. The van der Waals surface area contributed by atoms with E-state index in [1.807, 2.05) is 34.9 Å². The number of aromatic nitrogens is 2. The van der Waals surface area contributed by atoms with E-state index in [0.29, 0.717) is 17.9 Å². The number of carbonyl (C=O) groups excluding carboxylic acids is 1. The standard InChI is InChI=1S/C27H29FN4OSi/c1-34(2,3)24-10-5-8-20-16-23(32(26(20)24)18-19-7-4-9-21(28)15-19)27(33)30-22-11-12-25(29-17-22)31-13-6-14-31/h4-5,7-12,15-17H,6,13-14,18H2,1-3H3,(H,30,33). The molecule has 1 aliphatic rings. The van der Waals surface area contributed by atoms with Gasteiger partial charge in [0.15, 0.2) is 0 Å². The molecule has 3 heterocycles. The van der Waals surface area contributed by atoms with Crippen molar-refractivity contribution in [2.24, 2.45) is 0 Å². The molecule has 5 nitrogen and oxygen atoms in total. The minimum absolute atomic E-state index is 0.201. The fourth-order valence-corrected chi connectivity index (χ4v) is 6.07. The van der Waals surface area contributed by atoms with Crippen molar-refractivity contribution in [1.29, 1.82) is 0 Å². The van der Waals surface area contributed by atoms with Crippen molar-refractivity contribution in [2.45, 2.75) is 32.6 Å². The smallest absolute Gasteiger partial charge is 0.272 e. The van der Waals surface area contributed by atoms with Crippen molar-refractivity contribution in [1.82, 2.24) is 9.55 Å². The minimum atomic E-state index is -1.71. The van der Waals surface area contributed by atoms with Crippen LogP contribution in [0.15, 0.2) is 66.9 Å². The van der Waals surface area contributed by atoms with Crippen LogP contribution in [0.1, 0.15) is 22.5 Å². The van der Waals surface area contributed by atoms with Crippen LogP contribution in [0.2, 0.25) is 19.6 Å². The predicted molar refractivity (Wildman–Crippen MR) is 139 cm³/mol. The lowest BCUT2D eigenvalue weighted by molar-refractivity contribution is 0.101. The first-order valence-corrected chi connectivity index (χ1v) is 15.2. The average molecular weight is 473 g/mol. The molecule has 5 rings (SSSR count). The number of hydrogen-bond donors (Lipinski definition) is 1. The van der Waals surface area contributed by atoms with Crippen LogP contribution in [-0.4, -0.2) is 36.6 Å². The third-order valence-corrected chi connectivity index (χ3v) is 8.40. The fraction of sp³-hybridized carbons (Fsp3) is 0.259. The molecule has 174 valence electrons. The Hall–Kier alpha value is -3.45. The van der Waals surface area contributed by atoms with E-state index in [1.54, 1.807) is 12.3 Å². The normalized spacial score (nSPS) is 13.7. The molecule has 0 bridgehead atoms. The SMILES string of the molecule is C[Si](C)(C)c1cccc2cc(C(=O)Nc3ccc(N4CCC4)nc3)n(Cc3cccc(F)c3)c12. The Bertz CT molecular complexity index is 1350. The van der Waals surface area contributed by atoms with Crippen molar-refractivity contribution >= 4 is 41.6 Å². The van der Waals surface area contributed by atoms with Crippen LogP contribution in [0, 0.1) is 5.82 Å². The molecular formula is C27H29FN4OSi. The topological polar surface area (TPSA) is 50.2 Å². The van der Waals surface area contributed by atoms with E-state index in [1.165, 1.54) is 23.7 Å². The Morgan fingerprint density at radius 2 is 1.85 bits per heavy atom. The van der Waals surface area contributed by atoms with Crippen LogP contribution < -0.4 is 15.4 Å². The molecule has 1 saturated heterocycles. The summed E-state index contributed by atoms with van der Waals surface area (Å²) < 4.78 is 16.0. The molecule has 2 aromatic heterocycles. The molecule has 2 aromatic carbocycles. The van der Waals surface area contributed by atoms with Gasteiger partial charge in [0.2, 0.25) is 0 Å². The maximum atomic E-state index is 14.0. The van der Waals surface area contributed by atoms with E-state index in [0.717, 1.165) is 35.4 Å². The highest BCUT2D eigenvalue weighted by Gasteiger charge is 2.25. The summed E-state index contributed by atoms with van der Waals surface area (Å²) in [6, 6.07) is 18.6. The summed E-state index contributed by atoms with van der Waals surface area (Å²) in [6.45, 7) is 9.36. The molecule has 0 spiro atoms. The van der Waals surface area contributed by atoms with Gasteiger partial charge in [0, 0.05) is 30.5 Å². The van der Waals surface area contributed by atoms with Crippen molar-refractivity contribution < 1.29 is 9.18 Å². The van der Waals surface area contributed by atoms with Gasteiger partial charge in [-0.3, -0.25) is 4.79 Å². The lowest BCUT2D eigenvalue weighted by atomic mass is 10.2. The number of anilines is 2. The fourth-order valence-electron chi connectivity index (χ4n) is 4.49. The van der Waals surface area contributed by atoms with Gasteiger partial charge in [-0.05, 0) is 47.5 Å². The van der Waals surface area contributed by atoms with Gasteiger partial charge in [-0.1, -0.05) is 50.0 Å². The Balaban J connectivity index is 1.54. The van der Waals surface area contributed by atoms with Crippen LogP contribution in [0.3, 0.4) is 0 Å². The van der Waals surface area contributed by atoms with Crippen LogP contribution in [-0.2, 0) is 6.54 Å². The Morgan fingerprint density at radius 3 is 2.50 bits per heavy atom. The number of carbonyl (C=O) groups is 1. The molecule has 0 saturated carbocycles. The molecule has 1 aliphatic heterocycles. The summed E-state index contributed by atoms with van der Waals surface area (Å²) in [5.74, 6) is 0.454. The summed E-state index contributed by atoms with van der Waals surface area (Å²) >= 11 is 0. The van der Waals surface area contributed by atoms with Crippen molar-refractivity contribution in [3.63, 3.8) is 0 Å². The van der Waals surface area contributed by atoms with Crippen LogP contribution in [0.4, 0.5) is 15.9 Å². The quantitative estimate of drug-likeness (QED) is 0.391. The molecule has 1 amide bonds. The number of halogens is 1. The molecule has 7 heteroatoms. The first kappa shape index (κ1) is 22.3. The van der Waals surface area contributed by atoms with Crippen molar-refractivity contribution in [2.75, 3.05) is 23.3 Å². The maximum Gasteiger partial charge on any atom is 0.272 e. The van der Waals surface area contributed by atoms with Crippen molar-refractivity contribution in [3.05, 3.63) is 83.9 Å². The Kier molecular flexibility index (Phi) is 5.73. The second-order valence-electron chi connectivity index (χ2n) is 9.94. The number of hydrogen-bond acceptors (Lipinski definition) is 3. The van der Waals surface area contributed by atoms with Gasteiger partial charge in [-0.2, -0.15) is 0 Å². The predicted octanol–water partition coefficient (Wildman–Crippen LogP) is 5.23. The Morgan fingerprint density at radius 1 is 1.06 bits per heavy atom. The zero-order chi connectivity index (χ0) is 23.9. The average Bonchev–Trinajstić information content (AvgIpc) is 3.12. The van der Waals surface area contributed by atoms with E-state index in [2.05, 4.69) is 47.0 Å². The molecule has 0 atom stereocenters. The largest absolute Gasteiger partial charge is 0.356 e. The van der Waals surface area contributed by atoms with Crippen LogP contribution >= 0.6 is 0 Å². The highest BCUT2D eigenvalue weighted by molar-refractivity contribution is 6.90. The third kappa shape index (κ3) is 4.35. The van der Waals surface area contributed by atoms with Gasteiger partial charge in [-0.15, -0.1) is 0 Å². The highest BCUT2D eigenvalue weighted by atomic mass is 28.3. The van der Waals surface area contributed by atoms with E-state index in [9.17, 15) is 9.18 Å². The minimum Gasteiger partial charge on any atom is -0.356 e. The first-order chi connectivity index (χ1) is 16.3. The van der Waals surface area contributed by atoms with Gasteiger partial charge in [0.25, 0.3) is 5.91 Å². The van der Waals surface area contributed by atoms with E-state index >= 15 is 0 Å². The zero-order valence-electron chi connectivity index (χ0n) is 19.8. The lowest BCUT2D eigenvalue weighted by Crippen LogP contribution is -2.39. The second-order valence-corrected chi connectivity index (χ2v) is 15.0. The van der Waals surface area contributed by atoms with Gasteiger partial charge >= 0.3 is 0 Å². The lowest BCUT2D eigenvalue weighted by Gasteiger charge is -2.31. The summed E-state index contributed by atoms with van der Waals surface area (Å²) in [5.41, 5.74) is 3.08. The van der Waals surface area contributed by atoms with E-state index < -0.39 is 8.07 Å². The number of amides is 1. The van der Waals surface area contributed by atoms with Crippen LogP contribution in [0.25, 0.3) is 10.9 Å². The number of pyridine rings is 1. The number of nitrogens with one attached hydrogen (secondary N) is 1. The third-order valence-electron chi connectivity index (χ3n) is 6.38. The molecular weight excluding hydrogens is 443 g/mol. The van der Waals surface area contributed by atoms with Crippen LogP contribution in [0.5, 0.6) is 0 Å². The number of nitrogens with zero attached hydrogens (tertiary/aromatic N) is 3. The van der Waals surface area contributed by atoms with Gasteiger partial charge < -0.3 is 14.8 Å². The molecule has 4 aromatic rings. The summed E-state index contributed by atoms with van der Waals surface area (Å²) in [4.78, 5) is 20.2. The second kappa shape index (κ2) is 8.72. The molecule has 34 heavy (non-hydrogen) atoms. The summed E-state index contributed by atoms with van der Waals surface area (Å²) in [7, 11) is -1.71. The molecule has 0 unspecified atom stereocenters. The number of rotatable bonds is 6. The molecule has 1 N–H and O–H groups in total. The maximum absolute atomic E-state index is 14.0. The van der Waals surface area contributed by atoms with Gasteiger partial charge in [0.05, 0.1) is 20.0 Å². The molecule has 1 fully saturated rings. The summed E-state index contributed by atoms with van der Waals surface area (Å²) in [6.07, 6.45) is 2.90. The van der Waals surface area contributed by atoms with Crippen molar-refractivity contribution in [3.8, 4) is 0 Å². The number of para-hydroxylation sites is 1. The number of fused-ring (bicyclic) bond motifs is 1. The Labute approximate surface area is 200 Å². The zero-order valence-corrected chi connectivity index (χ0v) is 20.8. The van der Waals surface area contributed by atoms with Gasteiger partial charge in [0.1, 0.15) is 17.3 Å².